The number of rotatable bonds is 7. The predicted octanol–water partition coefficient (Wildman–Crippen LogP) is 2.02. The van der Waals surface area contributed by atoms with Crippen molar-refractivity contribution in [1.82, 2.24) is 10.6 Å². The highest BCUT2D eigenvalue weighted by atomic mass is 32.2. The first-order valence-corrected chi connectivity index (χ1v) is 10.4. The van der Waals surface area contributed by atoms with Crippen LogP contribution in [0.1, 0.15) is 25.0 Å². The number of nitrogens with two attached hydrogens (primary N) is 1. The first-order valence-electron chi connectivity index (χ1n) is 8.84. The third-order valence-corrected chi connectivity index (χ3v) is 5.36. The van der Waals surface area contributed by atoms with Crippen molar-refractivity contribution in [3.63, 3.8) is 0 Å². The molecule has 0 saturated heterocycles. The zero-order valence-corrected chi connectivity index (χ0v) is 16.9. The lowest BCUT2D eigenvalue weighted by Crippen LogP contribution is -2.44. The van der Waals surface area contributed by atoms with Crippen molar-refractivity contribution < 1.29 is 8.42 Å². The van der Waals surface area contributed by atoms with Crippen LogP contribution in [0.25, 0.3) is 0 Å². The molecule has 0 aliphatic carbocycles. The van der Waals surface area contributed by atoms with Gasteiger partial charge < -0.3 is 10.6 Å². The Hall–Kier alpha value is -2.38. The number of primary sulfonamides is 1. The van der Waals surface area contributed by atoms with E-state index < -0.39 is 10.0 Å². The standard InChI is InChI=1S/C20H28N4O2S/c1-20(2,17-7-5-4-6-8-17)15-24-19(22-3)23-14-13-16-9-11-18(12-10-16)27(21,25)26/h4-12H,13-15H2,1-3H3,(H2,21,25,26)(H2,22,23,24). The van der Waals surface area contributed by atoms with Gasteiger partial charge in [-0.15, -0.1) is 0 Å². The third-order valence-electron chi connectivity index (χ3n) is 4.43. The molecule has 2 aromatic rings. The van der Waals surface area contributed by atoms with Gasteiger partial charge >= 0.3 is 0 Å². The highest BCUT2D eigenvalue weighted by molar-refractivity contribution is 7.89. The van der Waals surface area contributed by atoms with Gasteiger partial charge in [-0.3, -0.25) is 4.99 Å². The molecular weight excluding hydrogens is 360 g/mol. The lowest BCUT2D eigenvalue weighted by atomic mass is 9.85. The SMILES string of the molecule is CN=C(NCCc1ccc(S(N)(=O)=O)cc1)NCC(C)(C)c1ccccc1. The van der Waals surface area contributed by atoms with Crippen molar-refractivity contribution in [3.05, 3.63) is 65.7 Å². The molecule has 0 aromatic heterocycles. The van der Waals surface area contributed by atoms with Gasteiger partial charge in [0.25, 0.3) is 0 Å². The topological polar surface area (TPSA) is 96.6 Å². The molecule has 0 radical (unpaired) electrons. The maximum atomic E-state index is 11.3. The first-order chi connectivity index (χ1) is 12.7. The van der Waals surface area contributed by atoms with Crippen LogP contribution in [0.2, 0.25) is 0 Å². The van der Waals surface area contributed by atoms with Gasteiger partial charge in [-0.05, 0) is 29.7 Å². The second kappa shape index (κ2) is 9.01. The molecule has 0 aliphatic rings. The zero-order valence-electron chi connectivity index (χ0n) is 16.1. The molecule has 146 valence electrons. The predicted molar refractivity (Wildman–Crippen MR) is 110 cm³/mol. The fourth-order valence-electron chi connectivity index (χ4n) is 2.69. The van der Waals surface area contributed by atoms with E-state index in [0.29, 0.717) is 6.54 Å². The lowest BCUT2D eigenvalue weighted by Gasteiger charge is -2.26. The number of nitrogens with one attached hydrogen (secondary N) is 2. The average molecular weight is 389 g/mol. The molecule has 0 bridgehead atoms. The molecule has 7 heteroatoms. The van der Waals surface area contributed by atoms with Gasteiger partial charge in [0.05, 0.1) is 4.90 Å². The average Bonchev–Trinajstić information content (AvgIpc) is 2.65. The van der Waals surface area contributed by atoms with Gasteiger partial charge in [-0.2, -0.15) is 0 Å². The van der Waals surface area contributed by atoms with Gasteiger partial charge in [0.1, 0.15) is 0 Å². The van der Waals surface area contributed by atoms with Gasteiger partial charge in [0.15, 0.2) is 5.96 Å². The summed E-state index contributed by atoms with van der Waals surface area (Å²) in [5.41, 5.74) is 2.26. The first kappa shape index (κ1) is 20.9. The number of aliphatic imine (C=N–C) groups is 1. The van der Waals surface area contributed by atoms with Gasteiger partial charge in [0, 0.05) is 25.6 Å². The fraction of sp³-hybridized carbons (Fsp3) is 0.350. The molecular formula is C20H28N4O2S. The summed E-state index contributed by atoms with van der Waals surface area (Å²) < 4.78 is 22.6. The lowest BCUT2D eigenvalue weighted by molar-refractivity contribution is 0.508. The second-order valence-corrected chi connectivity index (χ2v) is 8.60. The minimum absolute atomic E-state index is 0.0254. The molecule has 0 aliphatic heterocycles. The summed E-state index contributed by atoms with van der Waals surface area (Å²) in [5, 5.41) is 11.8. The van der Waals surface area contributed by atoms with Gasteiger partial charge in [-0.1, -0.05) is 56.3 Å². The minimum atomic E-state index is -3.65. The van der Waals surface area contributed by atoms with Crippen LogP contribution in [0.15, 0.2) is 64.5 Å². The molecule has 0 atom stereocenters. The summed E-state index contributed by atoms with van der Waals surface area (Å²) in [6, 6.07) is 17.0. The van der Waals surface area contributed by atoms with Crippen LogP contribution < -0.4 is 15.8 Å². The third kappa shape index (κ3) is 6.37. The van der Waals surface area contributed by atoms with E-state index in [-0.39, 0.29) is 10.3 Å². The quantitative estimate of drug-likeness (QED) is 0.499. The van der Waals surface area contributed by atoms with Crippen LogP contribution in [0.5, 0.6) is 0 Å². The number of sulfonamides is 1. The largest absolute Gasteiger partial charge is 0.356 e. The Labute approximate surface area is 162 Å². The maximum Gasteiger partial charge on any atom is 0.238 e. The Morgan fingerprint density at radius 3 is 2.22 bits per heavy atom. The van der Waals surface area contributed by atoms with Crippen LogP contribution in [-0.2, 0) is 21.9 Å². The second-order valence-electron chi connectivity index (χ2n) is 7.04. The van der Waals surface area contributed by atoms with Gasteiger partial charge in [0.2, 0.25) is 10.0 Å². The van der Waals surface area contributed by atoms with E-state index in [1.807, 2.05) is 18.2 Å². The van der Waals surface area contributed by atoms with Gasteiger partial charge in [-0.25, -0.2) is 13.6 Å². The number of hydrogen-bond donors (Lipinski definition) is 3. The van der Waals surface area contributed by atoms with Crippen molar-refractivity contribution in [2.75, 3.05) is 20.1 Å². The summed E-state index contributed by atoms with van der Waals surface area (Å²) in [6.07, 6.45) is 0.744. The Kier molecular flexibility index (Phi) is 6.98. The summed E-state index contributed by atoms with van der Waals surface area (Å²) >= 11 is 0. The molecule has 0 saturated carbocycles. The molecule has 0 fully saturated rings. The Morgan fingerprint density at radius 1 is 1.04 bits per heavy atom. The molecule has 6 nitrogen and oxygen atoms in total. The number of nitrogens with zero attached hydrogens (tertiary/aromatic N) is 1. The Morgan fingerprint density at radius 2 is 1.67 bits per heavy atom. The normalized spacial score (nSPS) is 12.7. The van der Waals surface area contributed by atoms with Crippen molar-refractivity contribution in [1.29, 1.82) is 0 Å². The van der Waals surface area contributed by atoms with E-state index in [9.17, 15) is 8.42 Å². The van der Waals surface area contributed by atoms with Crippen LogP contribution in [0.3, 0.4) is 0 Å². The molecule has 0 heterocycles. The smallest absolute Gasteiger partial charge is 0.238 e. The van der Waals surface area contributed by atoms with Crippen molar-refractivity contribution in [3.8, 4) is 0 Å². The zero-order chi connectivity index (χ0) is 19.9. The minimum Gasteiger partial charge on any atom is -0.356 e. The summed E-state index contributed by atoms with van der Waals surface area (Å²) in [5.74, 6) is 0.736. The van der Waals surface area contributed by atoms with Crippen LogP contribution in [0.4, 0.5) is 0 Å². The van der Waals surface area contributed by atoms with Crippen LogP contribution in [0, 0.1) is 0 Å². The molecule has 2 rings (SSSR count). The van der Waals surface area contributed by atoms with Crippen molar-refractivity contribution in [2.45, 2.75) is 30.6 Å². The summed E-state index contributed by atoms with van der Waals surface area (Å²) in [6.45, 7) is 5.81. The highest BCUT2D eigenvalue weighted by Crippen LogP contribution is 2.21. The summed E-state index contributed by atoms with van der Waals surface area (Å²) in [4.78, 5) is 4.39. The molecule has 4 N–H and O–H groups in total. The molecule has 27 heavy (non-hydrogen) atoms. The van der Waals surface area contributed by atoms with E-state index in [1.165, 1.54) is 17.7 Å². The molecule has 0 amide bonds. The highest BCUT2D eigenvalue weighted by Gasteiger charge is 2.20. The van der Waals surface area contributed by atoms with E-state index in [0.717, 1.165) is 24.5 Å². The van der Waals surface area contributed by atoms with E-state index >= 15 is 0 Å². The van der Waals surface area contributed by atoms with E-state index in [4.69, 9.17) is 5.14 Å². The van der Waals surface area contributed by atoms with E-state index in [2.05, 4.69) is 41.6 Å². The fourth-order valence-corrected chi connectivity index (χ4v) is 3.20. The van der Waals surface area contributed by atoms with E-state index in [1.54, 1.807) is 19.2 Å². The molecule has 2 aromatic carbocycles. The van der Waals surface area contributed by atoms with Crippen LogP contribution >= 0.6 is 0 Å². The molecule has 0 unspecified atom stereocenters. The number of hydrogen-bond acceptors (Lipinski definition) is 3. The Bertz CT molecular complexity index is 861. The number of benzene rings is 2. The molecule has 0 spiro atoms. The van der Waals surface area contributed by atoms with Crippen molar-refractivity contribution >= 4 is 16.0 Å². The maximum absolute atomic E-state index is 11.3. The monoisotopic (exact) mass is 388 g/mol. The Balaban J connectivity index is 1.84. The number of guanidine groups is 1. The summed E-state index contributed by atoms with van der Waals surface area (Å²) in [7, 11) is -1.90. The van der Waals surface area contributed by atoms with Crippen molar-refractivity contribution in [2.24, 2.45) is 10.1 Å². The van der Waals surface area contributed by atoms with Crippen LogP contribution in [-0.4, -0.2) is 34.5 Å².